The molecule has 0 aliphatic heterocycles. The highest BCUT2D eigenvalue weighted by molar-refractivity contribution is 7.26. The van der Waals surface area contributed by atoms with Gasteiger partial charge in [-0.05, 0) is 32.4 Å². The summed E-state index contributed by atoms with van der Waals surface area (Å²) in [4.78, 5) is 25.8. The third-order valence-electron chi connectivity index (χ3n) is 4.94. The van der Waals surface area contributed by atoms with Crippen LogP contribution in [-0.4, -0.2) is 15.7 Å². The van der Waals surface area contributed by atoms with Crippen molar-refractivity contribution in [2.45, 2.75) is 33.4 Å². The SMILES string of the molecule is Cc1ccc(CNC(=O)C(C)n2nc(C)c3sc4ccccc4c3c2=O)cc1. The van der Waals surface area contributed by atoms with E-state index in [1.807, 2.05) is 62.4 Å². The Kier molecular flexibility index (Phi) is 4.73. The van der Waals surface area contributed by atoms with Crippen molar-refractivity contribution in [2.24, 2.45) is 0 Å². The maximum atomic E-state index is 13.1. The highest BCUT2D eigenvalue weighted by atomic mass is 32.1. The summed E-state index contributed by atoms with van der Waals surface area (Å²) in [5.74, 6) is -0.228. The van der Waals surface area contributed by atoms with Gasteiger partial charge in [-0.3, -0.25) is 9.59 Å². The first-order valence-corrected chi connectivity index (χ1v) is 10.0. The van der Waals surface area contributed by atoms with Crippen LogP contribution in [0.4, 0.5) is 0 Å². The molecule has 0 aliphatic carbocycles. The summed E-state index contributed by atoms with van der Waals surface area (Å²) in [5, 5.41) is 8.90. The van der Waals surface area contributed by atoms with E-state index in [0.717, 1.165) is 26.0 Å². The highest BCUT2D eigenvalue weighted by Crippen LogP contribution is 2.32. The lowest BCUT2D eigenvalue weighted by molar-refractivity contribution is -0.124. The largest absolute Gasteiger partial charge is 0.350 e. The Bertz CT molecular complexity index is 1240. The van der Waals surface area contributed by atoms with Gasteiger partial charge in [-0.15, -0.1) is 11.3 Å². The third-order valence-corrected chi connectivity index (χ3v) is 6.22. The molecule has 4 rings (SSSR count). The first-order chi connectivity index (χ1) is 13.5. The van der Waals surface area contributed by atoms with Gasteiger partial charge in [0.1, 0.15) is 6.04 Å². The molecule has 5 nitrogen and oxygen atoms in total. The van der Waals surface area contributed by atoms with Crippen LogP contribution >= 0.6 is 11.3 Å². The molecule has 1 atom stereocenters. The van der Waals surface area contributed by atoms with Crippen LogP contribution in [0.1, 0.15) is 29.8 Å². The second-order valence-corrected chi connectivity index (χ2v) is 8.07. The van der Waals surface area contributed by atoms with Gasteiger partial charge < -0.3 is 5.32 Å². The zero-order valence-corrected chi connectivity index (χ0v) is 16.8. The molecular weight excluding hydrogens is 370 g/mol. The molecule has 28 heavy (non-hydrogen) atoms. The molecule has 6 heteroatoms. The molecule has 1 N–H and O–H groups in total. The van der Waals surface area contributed by atoms with E-state index < -0.39 is 6.04 Å². The Morgan fingerprint density at radius 1 is 1.14 bits per heavy atom. The first-order valence-electron chi connectivity index (χ1n) is 9.19. The van der Waals surface area contributed by atoms with Crippen molar-refractivity contribution in [3.05, 3.63) is 75.7 Å². The molecule has 4 aromatic rings. The normalized spacial score (nSPS) is 12.4. The maximum absolute atomic E-state index is 13.1. The Hall–Kier alpha value is -2.99. The van der Waals surface area contributed by atoms with Crippen molar-refractivity contribution >= 4 is 37.4 Å². The van der Waals surface area contributed by atoms with Gasteiger partial charge in [0.05, 0.1) is 15.8 Å². The van der Waals surface area contributed by atoms with Gasteiger partial charge in [-0.25, -0.2) is 4.68 Å². The number of thiophene rings is 1. The quantitative estimate of drug-likeness (QED) is 0.569. The van der Waals surface area contributed by atoms with Gasteiger partial charge >= 0.3 is 0 Å². The molecule has 0 spiro atoms. The number of nitrogens with one attached hydrogen (secondary N) is 1. The number of carbonyl (C=O) groups is 1. The van der Waals surface area contributed by atoms with Gasteiger partial charge in [0.25, 0.3) is 5.56 Å². The van der Waals surface area contributed by atoms with Crippen molar-refractivity contribution in [1.82, 2.24) is 15.1 Å². The van der Waals surface area contributed by atoms with Gasteiger partial charge in [-0.2, -0.15) is 5.10 Å². The molecule has 0 saturated heterocycles. The Labute approximate surface area is 166 Å². The minimum absolute atomic E-state index is 0.226. The van der Waals surface area contributed by atoms with E-state index in [2.05, 4.69) is 10.4 Å². The highest BCUT2D eigenvalue weighted by Gasteiger charge is 2.21. The Balaban J connectivity index is 1.66. The van der Waals surface area contributed by atoms with E-state index in [0.29, 0.717) is 11.9 Å². The molecule has 0 radical (unpaired) electrons. The van der Waals surface area contributed by atoms with Gasteiger partial charge in [0.2, 0.25) is 5.91 Å². The van der Waals surface area contributed by atoms with Crippen LogP contribution in [0.3, 0.4) is 0 Å². The summed E-state index contributed by atoms with van der Waals surface area (Å²) in [6, 6.07) is 15.1. The summed E-state index contributed by atoms with van der Waals surface area (Å²) in [7, 11) is 0. The van der Waals surface area contributed by atoms with Crippen LogP contribution in [0, 0.1) is 13.8 Å². The number of fused-ring (bicyclic) bond motifs is 3. The van der Waals surface area contributed by atoms with Gasteiger partial charge in [-0.1, -0.05) is 48.0 Å². The fourth-order valence-electron chi connectivity index (χ4n) is 3.30. The lowest BCUT2D eigenvalue weighted by Gasteiger charge is -2.15. The second kappa shape index (κ2) is 7.20. The van der Waals surface area contributed by atoms with Crippen molar-refractivity contribution in [3.8, 4) is 0 Å². The van der Waals surface area contributed by atoms with Crippen LogP contribution < -0.4 is 10.9 Å². The third kappa shape index (κ3) is 3.20. The monoisotopic (exact) mass is 391 g/mol. The van der Waals surface area contributed by atoms with Gasteiger partial charge in [0.15, 0.2) is 0 Å². The summed E-state index contributed by atoms with van der Waals surface area (Å²) in [5.41, 5.74) is 2.72. The number of hydrogen-bond acceptors (Lipinski definition) is 4. The number of hydrogen-bond donors (Lipinski definition) is 1. The summed E-state index contributed by atoms with van der Waals surface area (Å²) >= 11 is 1.56. The lowest BCUT2D eigenvalue weighted by Crippen LogP contribution is -2.37. The van der Waals surface area contributed by atoms with Crippen molar-refractivity contribution in [3.63, 3.8) is 0 Å². The van der Waals surface area contributed by atoms with E-state index >= 15 is 0 Å². The van der Waals surface area contributed by atoms with Crippen LogP contribution in [0.25, 0.3) is 20.2 Å². The topological polar surface area (TPSA) is 64.0 Å². The van der Waals surface area contributed by atoms with E-state index in [-0.39, 0.29) is 11.5 Å². The number of carbonyl (C=O) groups excluding carboxylic acids is 1. The number of benzene rings is 2. The number of nitrogens with zero attached hydrogens (tertiary/aromatic N) is 2. The average molecular weight is 391 g/mol. The molecule has 142 valence electrons. The summed E-state index contributed by atoms with van der Waals surface area (Å²) in [6.07, 6.45) is 0. The maximum Gasteiger partial charge on any atom is 0.276 e. The minimum Gasteiger partial charge on any atom is -0.350 e. The molecule has 0 saturated carbocycles. The summed E-state index contributed by atoms with van der Waals surface area (Å²) in [6.45, 7) is 6.03. The molecule has 0 aliphatic rings. The predicted molar refractivity (Wildman–Crippen MR) is 114 cm³/mol. The van der Waals surface area contributed by atoms with E-state index in [4.69, 9.17) is 0 Å². The Morgan fingerprint density at radius 2 is 1.86 bits per heavy atom. The number of rotatable bonds is 4. The van der Waals surface area contributed by atoms with Gasteiger partial charge in [0, 0.05) is 16.6 Å². The zero-order chi connectivity index (χ0) is 19.8. The van der Waals surface area contributed by atoms with Crippen LogP contribution in [0.2, 0.25) is 0 Å². The molecule has 0 bridgehead atoms. The molecule has 2 aromatic carbocycles. The molecule has 1 unspecified atom stereocenters. The van der Waals surface area contributed by atoms with Crippen molar-refractivity contribution < 1.29 is 4.79 Å². The number of amides is 1. The van der Waals surface area contributed by atoms with E-state index in [1.165, 1.54) is 10.2 Å². The first kappa shape index (κ1) is 18.4. The fourth-order valence-corrected chi connectivity index (χ4v) is 4.43. The van der Waals surface area contributed by atoms with Crippen LogP contribution in [0.5, 0.6) is 0 Å². The molecule has 2 aromatic heterocycles. The van der Waals surface area contributed by atoms with Crippen molar-refractivity contribution in [1.29, 1.82) is 0 Å². The fraction of sp³-hybridized carbons (Fsp3) is 0.227. The molecule has 1 amide bonds. The summed E-state index contributed by atoms with van der Waals surface area (Å²) < 4.78 is 3.24. The van der Waals surface area contributed by atoms with Crippen LogP contribution in [-0.2, 0) is 11.3 Å². The molecular formula is C22H21N3O2S. The average Bonchev–Trinajstić information content (AvgIpc) is 3.10. The molecule has 2 heterocycles. The smallest absolute Gasteiger partial charge is 0.276 e. The lowest BCUT2D eigenvalue weighted by atomic mass is 10.1. The zero-order valence-electron chi connectivity index (χ0n) is 16.0. The Morgan fingerprint density at radius 3 is 2.61 bits per heavy atom. The molecule has 0 fully saturated rings. The van der Waals surface area contributed by atoms with E-state index in [1.54, 1.807) is 18.3 Å². The van der Waals surface area contributed by atoms with Crippen molar-refractivity contribution in [2.75, 3.05) is 0 Å². The van der Waals surface area contributed by atoms with E-state index in [9.17, 15) is 9.59 Å². The minimum atomic E-state index is -0.695. The predicted octanol–water partition coefficient (Wildman–Crippen LogP) is 4.11. The number of aryl methyl sites for hydroxylation is 2. The standard InChI is InChI=1S/C22H21N3O2S/c1-13-8-10-16(11-9-13)12-23-21(26)15(3)25-22(27)19-17-6-4-5-7-18(17)28-20(19)14(2)24-25/h4-11,15H,12H2,1-3H3,(H,23,26). The van der Waals surface area contributed by atoms with Crippen LogP contribution in [0.15, 0.2) is 53.3 Å². The second-order valence-electron chi connectivity index (χ2n) is 7.02. The number of aromatic nitrogens is 2.